The maximum absolute atomic E-state index is 12.5. The molecule has 0 spiro atoms. The molecule has 0 aliphatic carbocycles. The lowest BCUT2D eigenvalue weighted by molar-refractivity contribution is -0.132. The molecule has 3 rings (SSSR count). The van der Waals surface area contributed by atoms with Gasteiger partial charge in [0.15, 0.2) is 12.4 Å². The fourth-order valence-electron chi connectivity index (χ4n) is 3.32. The minimum atomic E-state index is -0.146. The second kappa shape index (κ2) is 7.64. The second-order valence-corrected chi connectivity index (χ2v) is 6.42. The smallest absolute Gasteiger partial charge is 0.292 e. The molecule has 2 aliphatic heterocycles. The summed E-state index contributed by atoms with van der Waals surface area (Å²) in [4.78, 5) is 26.3. The van der Waals surface area contributed by atoms with Crippen LogP contribution < -0.4 is 15.6 Å². The number of carbonyl (C=O) groups excluding carboxylic acids is 1. The van der Waals surface area contributed by atoms with Gasteiger partial charge in [0.1, 0.15) is 0 Å². The van der Waals surface area contributed by atoms with Crippen molar-refractivity contribution in [3.05, 3.63) is 28.7 Å². The Morgan fingerprint density at radius 3 is 2.87 bits per heavy atom. The topological polar surface area (TPSA) is 63.6 Å². The van der Waals surface area contributed by atoms with Crippen LogP contribution in [0.15, 0.2) is 23.1 Å². The molecule has 1 amide bonds. The van der Waals surface area contributed by atoms with Gasteiger partial charge in [-0.1, -0.05) is 0 Å². The van der Waals surface area contributed by atoms with Gasteiger partial charge < -0.3 is 19.5 Å². The van der Waals surface area contributed by atoms with Crippen molar-refractivity contribution < 1.29 is 9.53 Å². The third kappa shape index (κ3) is 4.13. The molecule has 2 aliphatic rings. The van der Waals surface area contributed by atoms with Crippen LogP contribution >= 0.6 is 0 Å². The number of likely N-dealkylation sites (tertiary alicyclic amines) is 1. The van der Waals surface area contributed by atoms with Gasteiger partial charge in [0.05, 0.1) is 0 Å². The lowest BCUT2D eigenvalue weighted by atomic mass is 10.00. The van der Waals surface area contributed by atoms with Crippen LogP contribution in [0.2, 0.25) is 0 Å². The van der Waals surface area contributed by atoms with Gasteiger partial charge in [-0.2, -0.15) is 0 Å². The number of amides is 1. The first kappa shape index (κ1) is 16.1. The minimum Gasteiger partial charge on any atom is -0.478 e. The Bertz CT molecular complexity index is 587. The summed E-state index contributed by atoms with van der Waals surface area (Å²) in [6.45, 7) is 4.26. The molecule has 0 saturated carbocycles. The van der Waals surface area contributed by atoms with E-state index in [1.165, 1.54) is 0 Å². The largest absolute Gasteiger partial charge is 0.478 e. The average molecular weight is 319 g/mol. The predicted molar refractivity (Wildman–Crippen MR) is 87.6 cm³/mol. The Morgan fingerprint density at radius 2 is 2.13 bits per heavy atom. The highest BCUT2D eigenvalue weighted by Crippen LogP contribution is 2.13. The summed E-state index contributed by atoms with van der Waals surface area (Å²) in [5.41, 5.74) is -0.146. The molecule has 1 atom stereocenters. The molecular weight excluding hydrogens is 294 g/mol. The summed E-state index contributed by atoms with van der Waals surface area (Å²) in [6, 6.07) is 3.46. The van der Waals surface area contributed by atoms with Crippen LogP contribution in [0.3, 0.4) is 0 Å². The molecule has 3 heterocycles. The molecule has 6 nitrogen and oxygen atoms in total. The average Bonchev–Trinajstić information content (AvgIpc) is 3.11. The number of nitrogens with zero attached hydrogens (tertiary/aromatic N) is 2. The molecule has 23 heavy (non-hydrogen) atoms. The first-order chi connectivity index (χ1) is 11.2. The summed E-state index contributed by atoms with van der Waals surface area (Å²) in [7, 11) is 0. The number of ether oxygens (including phenoxy) is 1. The molecule has 1 unspecified atom stereocenters. The Kier molecular flexibility index (Phi) is 5.33. The molecule has 0 aromatic carbocycles. The van der Waals surface area contributed by atoms with Crippen molar-refractivity contribution in [2.24, 2.45) is 5.92 Å². The molecule has 2 saturated heterocycles. The molecule has 0 radical (unpaired) electrons. The van der Waals surface area contributed by atoms with Crippen molar-refractivity contribution in [3.63, 3.8) is 0 Å². The number of hydrogen-bond donors (Lipinski definition) is 1. The number of rotatable bonds is 5. The number of hydrogen-bond acceptors (Lipinski definition) is 4. The van der Waals surface area contributed by atoms with Gasteiger partial charge in [-0.05, 0) is 56.8 Å². The predicted octanol–water partition coefficient (Wildman–Crippen LogP) is 0.849. The Hall–Kier alpha value is -1.82. The number of pyridine rings is 1. The highest BCUT2D eigenvalue weighted by atomic mass is 16.5. The molecule has 1 aromatic heterocycles. The van der Waals surface area contributed by atoms with Gasteiger partial charge in [0.25, 0.3) is 11.5 Å². The molecule has 6 heteroatoms. The standard InChI is InChI=1S/C17H25N3O3/c21-16(19-8-1-2-9-19)13-23-15-6-4-10-20(17(15)22)12-14-5-3-7-18-11-14/h4,6,10,14,18H,1-3,5,7-9,11-13H2. The van der Waals surface area contributed by atoms with Crippen LogP contribution in [-0.4, -0.2) is 48.2 Å². The van der Waals surface area contributed by atoms with Gasteiger partial charge in [-0.25, -0.2) is 0 Å². The zero-order valence-electron chi connectivity index (χ0n) is 13.5. The van der Waals surface area contributed by atoms with Crippen LogP contribution in [0, 0.1) is 5.92 Å². The van der Waals surface area contributed by atoms with E-state index in [0.29, 0.717) is 12.5 Å². The minimum absolute atomic E-state index is 0.0335. The maximum atomic E-state index is 12.5. The van der Waals surface area contributed by atoms with E-state index < -0.39 is 0 Å². The van der Waals surface area contributed by atoms with Crippen LogP contribution in [0.25, 0.3) is 0 Å². The number of aromatic nitrogens is 1. The zero-order valence-corrected chi connectivity index (χ0v) is 13.5. The third-order valence-corrected chi connectivity index (χ3v) is 4.65. The summed E-state index contributed by atoms with van der Waals surface area (Å²) in [6.07, 6.45) is 6.20. The van der Waals surface area contributed by atoms with E-state index in [-0.39, 0.29) is 23.8 Å². The molecule has 0 bridgehead atoms. The van der Waals surface area contributed by atoms with Crippen LogP contribution in [0.4, 0.5) is 0 Å². The lowest BCUT2D eigenvalue weighted by Gasteiger charge is -2.23. The summed E-state index contributed by atoms with van der Waals surface area (Å²) in [5.74, 6) is 0.709. The van der Waals surface area contributed by atoms with Crippen molar-refractivity contribution in [3.8, 4) is 5.75 Å². The third-order valence-electron chi connectivity index (χ3n) is 4.65. The van der Waals surface area contributed by atoms with E-state index >= 15 is 0 Å². The fraction of sp³-hybridized carbons (Fsp3) is 0.647. The van der Waals surface area contributed by atoms with Gasteiger partial charge in [0, 0.05) is 25.8 Å². The monoisotopic (exact) mass is 319 g/mol. The fourth-order valence-corrected chi connectivity index (χ4v) is 3.32. The molecule has 1 aromatic rings. The number of piperidine rings is 1. The number of carbonyl (C=O) groups is 1. The van der Waals surface area contributed by atoms with E-state index in [1.807, 2.05) is 6.07 Å². The molecule has 126 valence electrons. The van der Waals surface area contributed by atoms with E-state index in [0.717, 1.165) is 51.9 Å². The van der Waals surface area contributed by atoms with Gasteiger partial charge in [-0.3, -0.25) is 9.59 Å². The van der Waals surface area contributed by atoms with Gasteiger partial charge >= 0.3 is 0 Å². The van der Waals surface area contributed by atoms with E-state index in [9.17, 15) is 9.59 Å². The van der Waals surface area contributed by atoms with Crippen molar-refractivity contribution in [1.29, 1.82) is 0 Å². The quantitative estimate of drug-likeness (QED) is 0.874. The molecule has 1 N–H and O–H groups in total. The Labute approximate surface area is 136 Å². The van der Waals surface area contributed by atoms with Crippen molar-refractivity contribution in [2.45, 2.75) is 32.2 Å². The SMILES string of the molecule is O=C(COc1cccn(CC2CCCNC2)c1=O)N1CCCC1. The summed E-state index contributed by atoms with van der Waals surface area (Å²) < 4.78 is 7.20. The first-order valence-corrected chi connectivity index (χ1v) is 8.55. The lowest BCUT2D eigenvalue weighted by Crippen LogP contribution is -2.35. The van der Waals surface area contributed by atoms with Crippen molar-refractivity contribution >= 4 is 5.91 Å². The van der Waals surface area contributed by atoms with Crippen LogP contribution in [0.5, 0.6) is 5.75 Å². The van der Waals surface area contributed by atoms with Crippen molar-refractivity contribution in [1.82, 2.24) is 14.8 Å². The summed E-state index contributed by atoms with van der Waals surface area (Å²) in [5, 5.41) is 3.36. The number of nitrogens with one attached hydrogen (secondary N) is 1. The van der Waals surface area contributed by atoms with Crippen LogP contribution in [0.1, 0.15) is 25.7 Å². The Morgan fingerprint density at radius 1 is 1.30 bits per heavy atom. The van der Waals surface area contributed by atoms with E-state index in [1.54, 1.807) is 21.7 Å². The van der Waals surface area contributed by atoms with E-state index in [2.05, 4.69) is 5.32 Å². The second-order valence-electron chi connectivity index (χ2n) is 6.42. The molecule has 2 fully saturated rings. The molecular formula is C17H25N3O3. The Balaban J connectivity index is 1.60. The van der Waals surface area contributed by atoms with Gasteiger partial charge in [0.2, 0.25) is 0 Å². The maximum Gasteiger partial charge on any atom is 0.292 e. The van der Waals surface area contributed by atoms with Crippen LogP contribution in [-0.2, 0) is 11.3 Å². The highest BCUT2D eigenvalue weighted by molar-refractivity contribution is 5.77. The summed E-state index contributed by atoms with van der Waals surface area (Å²) >= 11 is 0. The highest BCUT2D eigenvalue weighted by Gasteiger charge is 2.19. The first-order valence-electron chi connectivity index (χ1n) is 8.55. The zero-order chi connectivity index (χ0) is 16.1. The van der Waals surface area contributed by atoms with Crippen molar-refractivity contribution in [2.75, 3.05) is 32.8 Å². The van der Waals surface area contributed by atoms with E-state index in [4.69, 9.17) is 4.74 Å². The normalized spacial score (nSPS) is 21.4. The van der Waals surface area contributed by atoms with Gasteiger partial charge in [-0.15, -0.1) is 0 Å².